The standard InChI is InChI=1S/C13H18N2O.2ClH/c1-2-12(9-14-7-1)16-13-6-5-11(8-15-13)10-3-4-10;;/h5-6,8,10,12,14H,1-4,7,9H2;2*1H. The maximum atomic E-state index is 5.84. The van der Waals surface area contributed by atoms with Crippen LogP contribution >= 0.6 is 24.8 Å². The summed E-state index contributed by atoms with van der Waals surface area (Å²) in [6.07, 6.45) is 7.27. The van der Waals surface area contributed by atoms with Crippen LogP contribution in [0.1, 0.15) is 37.2 Å². The van der Waals surface area contributed by atoms with Gasteiger partial charge in [-0.25, -0.2) is 4.98 Å². The van der Waals surface area contributed by atoms with E-state index < -0.39 is 0 Å². The fourth-order valence-electron chi connectivity index (χ4n) is 2.21. The summed E-state index contributed by atoms with van der Waals surface area (Å²) in [6, 6.07) is 4.18. The van der Waals surface area contributed by atoms with E-state index in [4.69, 9.17) is 4.74 Å². The van der Waals surface area contributed by atoms with Crippen molar-refractivity contribution in [3.63, 3.8) is 0 Å². The van der Waals surface area contributed by atoms with E-state index in [-0.39, 0.29) is 24.8 Å². The van der Waals surface area contributed by atoms with Gasteiger partial charge < -0.3 is 10.1 Å². The van der Waals surface area contributed by atoms with Gasteiger partial charge in [0.2, 0.25) is 5.88 Å². The molecule has 2 aliphatic rings. The van der Waals surface area contributed by atoms with Crippen LogP contribution in [0.4, 0.5) is 0 Å². The van der Waals surface area contributed by atoms with Crippen molar-refractivity contribution in [2.75, 3.05) is 13.1 Å². The van der Waals surface area contributed by atoms with Gasteiger partial charge in [-0.2, -0.15) is 0 Å². The summed E-state index contributed by atoms with van der Waals surface area (Å²) < 4.78 is 5.84. The molecule has 1 unspecified atom stereocenters. The summed E-state index contributed by atoms with van der Waals surface area (Å²) in [5.41, 5.74) is 1.37. The molecule has 0 amide bonds. The zero-order valence-corrected chi connectivity index (χ0v) is 11.9. The van der Waals surface area contributed by atoms with Gasteiger partial charge in [-0.3, -0.25) is 0 Å². The molecule has 2 heterocycles. The number of pyridine rings is 1. The van der Waals surface area contributed by atoms with E-state index in [2.05, 4.69) is 16.4 Å². The minimum Gasteiger partial charge on any atom is -0.473 e. The average Bonchev–Trinajstić information content (AvgIpc) is 3.15. The lowest BCUT2D eigenvalue weighted by atomic mass is 10.1. The lowest BCUT2D eigenvalue weighted by molar-refractivity contribution is 0.160. The third-order valence-corrected chi connectivity index (χ3v) is 3.35. The molecule has 3 nitrogen and oxygen atoms in total. The highest BCUT2D eigenvalue weighted by Gasteiger charge is 2.23. The molecule has 1 aromatic rings. The van der Waals surface area contributed by atoms with Crippen LogP contribution in [0.2, 0.25) is 0 Å². The lowest BCUT2D eigenvalue weighted by Crippen LogP contribution is -2.37. The van der Waals surface area contributed by atoms with Crippen LogP contribution in [-0.4, -0.2) is 24.2 Å². The highest BCUT2D eigenvalue weighted by molar-refractivity contribution is 5.85. The Morgan fingerprint density at radius 3 is 2.56 bits per heavy atom. The van der Waals surface area contributed by atoms with E-state index in [1.165, 1.54) is 24.8 Å². The van der Waals surface area contributed by atoms with Crippen LogP contribution in [0.5, 0.6) is 5.88 Å². The minimum absolute atomic E-state index is 0. The number of rotatable bonds is 3. The minimum atomic E-state index is 0. The van der Waals surface area contributed by atoms with Gasteiger partial charge in [0.1, 0.15) is 6.10 Å². The van der Waals surface area contributed by atoms with Crippen molar-refractivity contribution in [2.45, 2.75) is 37.7 Å². The number of hydrogen-bond donors (Lipinski definition) is 1. The molecule has 2 fully saturated rings. The van der Waals surface area contributed by atoms with Crippen molar-refractivity contribution >= 4 is 24.8 Å². The Bertz CT molecular complexity index is 349. The second-order valence-electron chi connectivity index (χ2n) is 4.79. The first-order valence-electron chi connectivity index (χ1n) is 6.25. The molecule has 102 valence electrons. The van der Waals surface area contributed by atoms with E-state index in [9.17, 15) is 0 Å². The number of hydrogen-bond acceptors (Lipinski definition) is 3. The monoisotopic (exact) mass is 290 g/mol. The first kappa shape index (κ1) is 15.5. The molecule has 1 aromatic heterocycles. The quantitative estimate of drug-likeness (QED) is 0.929. The van der Waals surface area contributed by atoms with E-state index in [0.717, 1.165) is 31.3 Å². The summed E-state index contributed by atoms with van der Waals surface area (Å²) in [7, 11) is 0. The fourth-order valence-corrected chi connectivity index (χ4v) is 2.21. The summed E-state index contributed by atoms with van der Waals surface area (Å²) in [5.74, 6) is 1.55. The Morgan fingerprint density at radius 1 is 1.17 bits per heavy atom. The van der Waals surface area contributed by atoms with Gasteiger partial charge in [-0.05, 0) is 43.7 Å². The molecule has 1 atom stereocenters. The molecule has 0 spiro atoms. The zero-order valence-electron chi connectivity index (χ0n) is 10.3. The second-order valence-corrected chi connectivity index (χ2v) is 4.79. The first-order valence-corrected chi connectivity index (χ1v) is 6.25. The first-order chi connectivity index (χ1) is 7.92. The Labute approximate surface area is 121 Å². The van der Waals surface area contributed by atoms with Crippen molar-refractivity contribution in [3.05, 3.63) is 23.9 Å². The molecular formula is C13H20Cl2N2O. The molecule has 0 bridgehead atoms. The van der Waals surface area contributed by atoms with E-state index in [0.29, 0.717) is 6.10 Å². The molecule has 0 aromatic carbocycles. The van der Waals surface area contributed by atoms with E-state index >= 15 is 0 Å². The molecule has 3 rings (SSSR count). The number of aromatic nitrogens is 1. The summed E-state index contributed by atoms with van der Waals surface area (Å²) in [5, 5.41) is 3.34. The maximum absolute atomic E-state index is 5.84. The van der Waals surface area contributed by atoms with Crippen LogP contribution < -0.4 is 10.1 Å². The van der Waals surface area contributed by atoms with Crippen LogP contribution in [0.25, 0.3) is 0 Å². The molecule has 18 heavy (non-hydrogen) atoms. The lowest BCUT2D eigenvalue weighted by Gasteiger charge is -2.23. The summed E-state index contributed by atoms with van der Waals surface area (Å²) in [6.45, 7) is 2.07. The average molecular weight is 291 g/mol. The third kappa shape index (κ3) is 4.01. The Kier molecular flexibility index (Phi) is 6.19. The van der Waals surface area contributed by atoms with Crippen LogP contribution in [0.15, 0.2) is 18.3 Å². The molecule has 1 aliphatic heterocycles. The molecule has 1 aliphatic carbocycles. The highest BCUT2D eigenvalue weighted by Crippen LogP contribution is 2.39. The van der Waals surface area contributed by atoms with Gasteiger partial charge in [0.25, 0.3) is 0 Å². The predicted octanol–water partition coefficient (Wildman–Crippen LogP) is 2.93. The van der Waals surface area contributed by atoms with Crippen LogP contribution in [-0.2, 0) is 0 Å². The van der Waals surface area contributed by atoms with Gasteiger partial charge in [0.05, 0.1) is 0 Å². The van der Waals surface area contributed by atoms with E-state index in [1.54, 1.807) is 0 Å². The van der Waals surface area contributed by atoms with Gasteiger partial charge in [0, 0.05) is 18.8 Å². The van der Waals surface area contributed by atoms with Crippen molar-refractivity contribution < 1.29 is 4.74 Å². The second kappa shape index (κ2) is 7.17. The van der Waals surface area contributed by atoms with Crippen molar-refractivity contribution in [2.24, 2.45) is 0 Å². The van der Waals surface area contributed by atoms with Gasteiger partial charge >= 0.3 is 0 Å². The van der Waals surface area contributed by atoms with Gasteiger partial charge in [-0.1, -0.05) is 6.07 Å². The SMILES string of the molecule is Cl.Cl.c1cc(OC2CCCNC2)ncc1C1CC1. The van der Waals surface area contributed by atoms with Gasteiger partial charge in [-0.15, -0.1) is 24.8 Å². The Balaban J connectivity index is 0.000000810. The Hall–Kier alpha value is -0.510. The van der Waals surface area contributed by atoms with Crippen molar-refractivity contribution in [1.82, 2.24) is 10.3 Å². The number of ether oxygens (including phenoxy) is 1. The number of piperidine rings is 1. The molecule has 1 saturated heterocycles. The molecule has 1 saturated carbocycles. The molecular weight excluding hydrogens is 271 g/mol. The summed E-state index contributed by atoms with van der Waals surface area (Å²) >= 11 is 0. The number of nitrogens with one attached hydrogen (secondary N) is 1. The molecule has 0 radical (unpaired) electrons. The fraction of sp³-hybridized carbons (Fsp3) is 0.615. The highest BCUT2D eigenvalue weighted by atomic mass is 35.5. The Morgan fingerprint density at radius 2 is 2.00 bits per heavy atom. The van der Waals surface area contributed by atoms with E-state index in [1.807, 2.05) is 12.3 Å². The number of nitrogens with zero attached hydrogens (tertiary/aromatic N) is 1. The molecule has 1 N–H and O–H groups in total. The third-order valence-electron chi connectivity index (χ3n) is 3.35. The normalized spacial score (nSPS) is 22.6. The van der Waals surface area contributed by atoms with Crippen LogP contribution in [0, 0.1) is 0 Å². The maximum Gasteiger partial charge on any atom is 0.213 e. The largest absolute Gasteiger partial charge is 0.473 e. The van der Waals surface area contributed by atoms with Crippen molar-refractivity contribution in [1.29, 1.82) is 0 Å². The van der Waals surface area contributed by atoms with Gasteiger partial charge in [0.15, 0.2) is 0 Å². The number of halogens is 2. The predicted molar refractivity (Wildman–Crippen MR) is 77.2 cm³/mol. The smallest absolute Gasteiger partial charge is 0.213 e. The summed E-state index contributed by atoms with van der Waals surface area (Å²) in [4.78, 5) is 4.38. The molecule has 5 heteroatoms. The van der Waals surface area contributed by atoms with Crippen molar-refractivity contribution in [3.8, 4) is 5.88 Å². The topological polar surface area (TPSA) is 34.1 Å². The zero-order chi connectivity index (χ0) is 10.8. The van der Waals surface area contributed by atoms with Crippen LogP contribution in [0.3, 0.4) is 0 Å².